The van der Waals surface area contributed by atoms with Gasteiger partial charge in [0.15, 0.2) is 0 Å². The van der Waals surface area contributed by atoms with Gasteiger partial charge in [0.2, 0.25) is 0 Å². The first kappa shape index (κ1) is 8.81. The molecule has 80 valence electrons. The largest absolute Gasteiger partial charge is 0.0833 e. The summed E-state index contributed by atoms with van der Waals surface area (Å²) in [7, 11) is 0. The number of hydrogen-bond acceptors (Lipinski definition) is 0. The van der Waals surface area contributed by atoms with E-state index in [0.717, 1.165) is 11.8 Å². The third kappa shape index (κ3) is 1.05. The summed E-state index contributed by atoms with van der Waals surface area (Å²) in [4.78, 5) is 0. The van der Waals surface area contributed by atoms with E-state index in [1.54, 1.807) is 11.1 Å². The van der Waals surface area contributed by atoms with Gasteiger partial charge < -0.3 is 0 Å². The molecule has 0 radical (unpaired) electrons. The summed E-state index contributed by atoms with van der Waals surface area (Å²) in [5.74, 6) is 2.33. The molecule has 1 fully saturated rings. The van der Waals surface area contributed by atoms with E-state index in [-0.39, 0.29) is 0 Å². The van der Waals surface area contributed by atoms with Crippen molar-refractivity contribution in [1.82, 2.24) is 0 Å². The van der Waals surface area contributed by atoms with Gasteiger partial charge in [-0.3, -0.25) is 0 Å². The lowest BCUT2D eigenvalue weighted by Crippen LogP contribution is -2.32. The minimum Gasteiger partial charge on any atom is -0.0833 e. The normalized spacial score (nSPS) is 38.5. The van der Waals surface area contributed by atoms with Gasteiger partial charge in [-0.25, -0.2) is 0 Å². The maximum atomic E-state index is 2.42. The molecule has 0 amide bonds. The number of allylic oxidation sites excluding steroid dienone is 10. The van der Waals surface area contributed by atoms with Gasteiger partial charge in [0.25, 0.3) is 0 Å². The first-order valence-electron chi connectivity index (χ1n) is 6.40. The smallest absolute Gasteiger partial charge is 0.0123 e. The Labute approximate surface area is 96.7 Å². The Balaban J connectivity index is 1.92. The molecular weight excluding hydrogens is 192 g/mol. The highest BCUT2D eigenvalue weighted by Crippen LogP contribution is 2.50. The van der Waals surface area contributed by atoms with Crippen molar-refractivity contribution in [1.29, 1.82) is 0 Å². The van der Waals surface area contributed by atoms with Gasteiger partial charge in [-0.2, -0.15) is 0 Å². The molecule has 4 rings (SSSR count). The summed E-state index contributed by atoms with van der Waals surface area (Å²) in [6.45, 7) is 0. The Hall–Kier alpha value is -1.30. The maximum absolute atomic E-state index is 2.42. The standard InChI is InChI=1S/C16H16/c1-3-11-7-9-13-5-2-6-14-10-8-12(4-1)15(11)16(13)14/h1-5,7,9,12,14-15H,6,8,10H2. The van der Waals surface area contributed by atoms with Gasteiger partial charge in [0.1, 0.15) is 0 Å². The van der Waals surface area contributed by atoms with Crippen LogP contribution in [0.3, 0.4) is 0 Å². The molecule has 0 nitrogen and oxygen atoms in total. The molecule has 3 atom stereocenters. The molecule has 4 aliphatic carbocycles. The maximum Gasteiger partial charge on any atom is 0.0123 e. The van der Waals surface area contributed by atoms with Crippen LogP contribution in [0.1, 0.15) is 19.3 Å². The van der Waals surface area contributed by atoms with Crippen molar-refractivity contribution in [3.05, 3.63) is 59.3 Å². The van der Waals surface area contributed by atoms with Crippen molar-refractivity contribution in [2.75, 3.05) is 0 Å². The zero-order valence-corrected chi connectivity index (χ0v) is 9.39. The predicted octanol–water partition coefficient (Wildman–Crippen LogP) is 3.95. The second-order valence-corrected chi connectivity index (χ2v) is 5.35. The highest BCUT2D eigenvalue weighted by molar-refractivity contribution is 5.54. The molecule has 0 aliphatic heterocycles. The van der Waals surface area contributed by atoms with Crippen LogP contribution in [0.25, 0.3) is 0 Å². The third-order valence-electron chi connectivity index (χ3n) is 4.56. The monoisotopic (exact) mass is 208 g/mol. The Morgan fingerprint density at radius 3 is 3.06 bits per heavy atom. The van der Waals surface area contributed by atoms with E-state index in [1.807, 2.05) is 0 Å². The van der Waals surface area contributed by atoms with Crippen molar-refractivity contribution in [3.8, 4) is 0 Å². The minimum absolute atomic E-state index is 0.716. The van der Waals surface area contributed by atoms with E-state index >= 15 is 0 Å². The Morgan fingerprint density at radius 2 is 2.06 bits per heavy atom. The molecule has 0 aromatic carbocycles. The minimum atomic E-state index is 0.716. The second kappa shape index (κ2) is 3.10. The summed E-state index contributed by atoms with van der Waals surface area (Å²) < 4.78 is 0. The lowest BCUT2D eigenvalue weighted by Gasteiger charge is -2.43. The van der Waals surface area contributed by atoms with Crippen molar-refractivity contribution >= 4 is 0 Å². The summed E-state index contributed by atoms with van der Waals surface area (Å²) in [5.41, 5.74) is 4.81. The topological polar surface area (TPSA) is 0 Å². The lowest BCUT2D eigenvalue weighted by atomic mass is 9.61. The highest BCUT2D eigenvalue weighted by Gasteiger charge is 2.38. The highest BCUT2D eigenvalue weighted by atomic mass is 14.4. The Kier molecular flexibility index (Phi) is 1.71. The molecule has 1 saturated carbocycles. The molecule has 0 spiro atoms. The summed E-state index contributed by atoms with van der Waals surface area (Å²) in [5, 5.41) is 0. The van der Waals surface area contributed by atoms with Crippen LogP contribution in [-0.2, 0) is 0 Å². The van der Waals surface area contributed by atoms with E-state index in [1.165, 1.54) is 24.8 Å². The average Bonchev–Trinajstić information content (AvgIpc) is 2.36. The molecule has 0 saturated heterocycles. The fourth-order valence-electron chi connectivity index (χ4n) is 3.86. The van der Waals surface area contributed by atoms with Crippen molar-refractivity contribution in [2.24, 2.45) is 17.8 Å². The fourth-order valence-corrected chi connectivity index (χ4v) is 3.86. The van der Waals surface area contributed by atoms with Crippen LogP contribution in [0.5, 0.6) is 0 Å². The van der Waals surface area contributed by atoms with E-state index in [9.17, 15) is 0 Å². The summed E-state index contributed by atoms with van der Waals surface area (Å²) in [6.07, 6.45) is 20.4. The van der Waals surface area contributed by atoms with Crippen LogP contribution in [0, 0.1) is 17.8 Å². The number of hydrogen-bond donors (Lipinski definition) is 0. The van der Waals surface area contributed by atoms with E-state index in [2.05, 4.69) is 42.5 Å². The van der Waals surface area contributed by atoms with Crippen LogP contribution < -0.4 is 0 Å². The summed E-state index contributed by atoms with van der Waals surface area (Å²) >= 11 is 0. The Morgan fingerprint density at radius 1 is 1.06 bits per heavy atom. The van der Waals surface area contributed by atoms with Crippen molar-refractivity contribution in [3.63, 3.8) is 0 Å². The van der Waals surface area contributed by atoms with E-state index in [0.29, 0.717) is 5.92 Å². The van der Waals surface area contributed by atoms with Crippen LogP contribution in [-0.4, -0.2) is 0 Å². The summed E-state index contributed by atoms with van der Waals surface area (Å²) in [6, 6.07) is 0. The SMILES string of the molecule is C1=CC2CCC3CC=CC4=C3C2C(=C1)C=C4. The zero-order chi connectivity index (χ0) is 10.5. The van der Waals surface area contributed by atoms with Gasteiger partial charge in [-0.1, -0.05) is 48.1 Å². The molecule has 0 heterocycles. The van der Waals surface area contributed by atoms with Crippen molar-refractivity contribution in [2.45, 2.75) is 19.3 Å². The zero-order valence-electron chi connectivity index (χ0n) is 9.39. The fraction of sp³-hybridized carbons (Fsp3) is 0.375. The quantitative estimate of drug-likeness (QED) is 0.565. The predicted molar refractivity (Wildman–Crippen MR) is 66.9 cm³/mol. The second-order valence-electron chi connectivity index (χ2n) is 5.35. The molecule has 0 N–H and O–H groups in total. The molecule has 4 aliphatic rings. The van der Waals surface area contributed by atoms with E-state index < -0.39 is 0 Å². The third-order valence-corrected chi connectivity index (χ3v) is 4.56. The van der Waals surface area contributed by atoms with Gasteiger partial charge in [-0.15, -0.1) is 0 Å². The first-order valence-corrected chi connectivity index (χ1v) is 6.40. The average molecular weight is 208 g/mol. The molecule has 16 heavy (non-hydrogen) atoms. The Bertz CT molecular complexity index is 482. The van der Waals surface area contributed by atoms with Crippen molar-refractivity contribution < 1.29 is 0 Å². The molecular formula is C16H16. The van der Waals surface area contributed by atoms with Gasteiger partial charge in [0, 0.05) is 5.92 Å². The van der Waals surface area contributed by atoms with Crippen LogP contribution >= 0.6 is 0 Å². The molecule has 0 bridgehead atoms. The van der Waals surface area contributed by atoms with Gasteiger partial charge in [-0.05, 0) is 42.2 Å². The van der Waals surface area contributed by atoms with Crippen LogP contribution in [0.4, 0.5) is 0 Å². The molecule has 0 aromatic rings. The molecule has 3 unspecified atom stereocenters. The molecule has 0 heteroatoms. The first-order chi connectivity index (χ1) is 7.93. The molecule has 0 aromatic heterocycles. The van der Waals surface area contributed by atoms with Crippen LogP contribution in [0.2, 0.25) is 0 Å². The van der Waals surface area contributed by atoms with Gasteiger partial charge >= 0.3 is 0 Å². The number of rotatable bonds is 0. The van der Waals surface area contributed by atoms with Crippen LogP contribution in [0.15, 0.2) is 59.3 Å². The lowest BCUT2D eigenvalue weighted by molar-refractivity contribution is 0.326. The van der Waals surface area contributed by atoms with Gasteiger partial charge in [0.05, 0.1) is 0 Å². The van der Waals surface area contributed by atoms with E-state index in [4.69, 9.17) is 0 Å².